The average Bonchev–Trinajstić information content (AvgIpc) is 3.09. The molecular weight excluding hydrogens is 391 g/mol. The van der Waals surface area contributed by atoms with E-state index in [1.165, 1.54) is 33.6 Å². The van der Waals surface area contributed by atoms with Crippen LogP contribution in [0.2, 0.25) is 10.0 Å². The third kappa shape index (κ3) is 3.20. The summed E-state index contributed by atoms with van der Waals surface area (Å²) in [6.45, 7) is 6.22. The van der Waals surface area contributed by atoms with Gasteiger partial charge in [0.05, 0.1) is 23.1 Å². The van der Waals surface area contributed by atoms with Crippen molar-refractivity contribution in [3.8, 4) is 5.88 Å². The minimum atomic E-state index is -0.0127. The van der Waals surface area contributed by atoms with Gasteiger partial charge in [-0.2, -0.15) is 4.52 Å². The fourth-order valence-electron chi connectivity index (χ4n) is 3.89. The Labute approximate surface area is 166 Å². The third-order valence-corrected chi connectivity index (χ3v) is 6.88. The molecule has 1 unspecified atom stereocenters. The molecule has 1 saturated heterocycles. The van der Waals surface area contributed by atoms with E-state index in [-0.39, 0.29) is 11.9 Å². The molecule has 0 spiro atoms. The van der Waals surface area contributed by atoms with E-state index in [9.17, 15) is 5.11 Å². The Morgan fingerprint density at radius 3 is 2.85 bits per heavy atom. The van der Waals surface area contributed by atoms with Crippen LogP contribution in [0.1, 0.15) is 42.1 Å². The molecule has 1 aromatic carbocycles. The summed E-state index contributed by atoms with van der Waals surface area (Å²) in [5.74, 6) is 1.48. The Hall–Kier alpha value is -1.34. The molecule has 0 saturated carbocycles. The number of halogens is 2. The standard InChI is InChI=1S/C18H20Cl2N4OS/c1-10-4-3-7-23(9-10)15(12-5-6-13(19)14(20)8-12)16-17(25)24-18(26-16)21-11(2)22-24/h5-6,8,10,15,25H,3-4,7,9H2,1-2H3/p+1/t10-,15-/m0/s1. The molecule has 0 aliphatic carbocycles. The summed E-state index contributed by atoms with van der Waals surface area (Å²) in [5.41, 5.74) is 1.06. The zero-order valence-corrected chi connectivity index (χ0v) is 17.0. The topological polar surface area (TPSA) is 54.9 Å². The van der Waals surface area contributed by atoms with Gasteiger partial charge in [-0.25, -0.2) is 4.98 Å². The molecule has 0 radical (unpaired) electrons. The number of piperidine rings is 1. The molecule has 3 aromatic rings. The summed E-state index contributed by atoms with van der Waals surface area (Å²) in [7, 11) is 0. The molecule has 2 N–H and O–H groups in total. The first-order chi connectivity index (χ1) is 12.4. The summed E-state index contributed by atoms with van der Waals surface area (Å²) < 4.78 is 1.53. The van der Waals surface area contributed by atoms with Crippen molar-refractivity contribution in [1.29, 1.82) is 0 Å². The number of benzene rings is 1. The monoisotopic (exact) mass is 411 g/mol. The van der Waals surface area contributed by atoms with Crippen molar-refractivity contribution >= 4 is 39.5 Å². The van der Waals surface area contributed by atoms with Gasteiger partial charge in [0.2, 0.25) is 10.8 Å². The van der Waals surface area contributed by atoms with E-state index in [4.69, 9.17) is 23.2 Å². The number of likely N-dealkylation sites (tertiary alicyclic amines) is 1. The molecule has 3 heterocycles. The van der Waals surface area contributed by atoms with Gasteiger partial charge >= 0.3 is 0 Å². The van der Waals surface area contributed by atoms with Crippen LogP contribution < -0.4 is 4.90 Å². The Kier molecular flexibility index (Phi) is 4.86. The van der Waals surface area contributed by atoms with E-state index in [1.807, 2.05) is 25.1 Å². The van der Waals surface area contributed by atoms with E-state index >= 15 is 0 Å². The maximum Gasteiger partial charge on any atom is 0.235 e. The first-order valence-corrected chi connectivity index (χ1v) is 10.4. The number of nitrogens with zero attached hydrogens (tertiary/aromatic N) is 3. The molecule has 3 atom stereocenters. The molecule has 0 bridgehead atoms. The van der Waals surface area contributed by atoms with E-state index in [1.54, 1.807) is 0 Å². The van der Waals surface area contributed by atoms with Gasteiger partial charge in [-0.3, -0.25) is 0 Å². The third-order valence-electron chi connectivity index (χ3n) is 5.06. The smallest absolute Gasteiger partial charge is 0.235 e. The second-order valence-corrected chi connectivity index (χ2v) is 8.93. The molecule has 8 heteroatoms. The van der Waals surface area contributed by atoms with Crippen LogP contribution in [0.4, 0.5) is 0 Å². The lowest BCUT2D eigenvalue weighted by Gasteiger charge is -2.34. The van der Waals surface area contributed by atoms with Crippen LogP contribution in [0.5, 0.6) is 5.88 Å². The van der Waals surface area contributed by atoms with Crippen molar-refractivity contribution in [2.24, 2.45) is 5.92 Å². The molecule has 138 valence electrons. The van der Waals surface area contributed by atoms with Crippen molar-refractivity contribution in [3.05, 3.63) is 44.5 Å². The van der Waals surface area contributed by atoms with E-state index in [0.29, 0.717) is 26.7 Å². The largest absolute Gasteiger partial charge is 0.492 e. The number of nitrogens with one attached hydrogen (secondary N) is 1. The fraction of sp³-hybridized carbons (Fsp3) is 0.444. The fourth-order valence-corrected chi connectivity index (χ4v) is 5.39. The van der Waals surface area contributed by atoms with Crippen molar-refractivity contribution in [2.75, 3.05) is 13.1 Å². The number of aromatic hydroxyl groups is 1. The number of aromatic nitrogens is 3. The van der Waals surface area contributed by atoms with Gasteiger partial charge < -0.3 is 10.0 Å². The van der Waals surface area contributed by atoms with Crippen LogP contribution in [-0.2, 0) is 0 Å². The Bertz CT molecular complexity index is 954. The van der Waals surface area contributed by atoms with Crippen LogP contribution in [-0.4, -0.2) is 32.8 Å². The van der Waals surface area contributed by atoms with Crippen molar-refractivity contribution < 1.29 is 10.0 Å². The number of quaternary nitrogens is 1. The maximum absolute atomic E-state index is 10.9. The van der Waals surface area contributed by atoms with Crippen molar-refractivity contribution in [3.63, 3.8) is 0 Å². The van der Waals surface area contributed by atoms with Gasteiger partial charge in [-0.1, -0.05) is 47.5 Å². The van der Waals surface area contributed by atoms with Crippen LogP contribution >= 0.6 is 34.5 Å². The molecular formula is C18H21Cl2N4OS+. The Morgan fingerprint density at radius 1 is 1.35 bits per heavy atom. The highest BCUT2D eigenvalue weighted by atomic mass is 35.5. The molecule has 1 aliphatic rings. The Morgan fingerprint density at radius 2 is 2.15 bits per heavy atom. The average molecular weight is 412 g/mol. The second-order valence-electron chi connectivity index (χ2n) is 7.11. The number of aryl methyl sites for hydroxylation is 1. The lowest BCUT2D eigenvalue weighted by atomic mass is 9.95. The number of hydrogen-bond acceptors (Lipinski definition) is 4. The molecule has 1 fully saturated rings. The van der Waals surface area contributed by atoms with Crippen molar-refractivity contribution in [2.45, 2.75) is 32.7 Å². The van der Waals surface area contributed by atoms with E-state index in [0.717, 1.165) is 23.5 Å². The van der Waals surface area contributed by atoms with E-state index in [2.05, 4.69) is 17.0 Å². The lowest BCUT2D eigenvalue weighted by Crippen LogP contribution is -3.13. The van der Waals surface area contributed by atoms with Gasteiger partial charge in [0.15, 0.2) is 6.04 Å². The summed E-state index contributed by atoms with van der Waals surface area (Å²) in [6, 6.07) is 5.74. The van der Waals surface area contributed by atoms with Crippen LogP contribution in [0.15, 0.2) is 18.2 Å². The van der Waals surface area contributed by atoms with Gasteiger partial charge in [-0.15, -0.1) is 5.10 Å². The first kappa shape index (κ1) is 18.0. The zero-order chi connectivity index (χ0) is 18.4. The predicted octanol–water partition coefficient (Wildman–Crippen LogP) is 3.52. The van der Waals surface area contributed by atoms with Gasteiger partial charge in [0, 0.05) is 11.5 Å². The highest BCUT2D eigenvalue weighted by molar-refractivity contribution is 7.17. The predicted molar refractivity (Wildman–Crippen MR) is 105 cm³/mol. The molecule has 4 rings (SSSR count). The van der Waals surface area contributed by atoms with Gasteiger partial charge in [0.1, 0.15) is 10.7 Å². The molecule has 0 amide bonds. The molecule has 2 aromatic heterocycles. The van der Waals surface area contributed by atoms with Crippen molar-refractivity contribution in [1.82, 2.24) is 14.6 Å². The molecule has 5 nitrogen and oxygen atoms in total. The Balaban J connectivity index is 1.84. The first-order valence-electron chi connectivity index (χ1n) is 8.78. The maximum atomic E-state index is 10.9. The van der Waals surface area contributed by atoms with Crippen LogP contribution in [0.3, 0.4) is 0 Å². The van der Waals surface area contributed by atoms with Gasteiger partial charge in [-0.05, 0) is 31.9 Å². The summed E-state index contributed by atoms with van der Waals surface area (Å²) in [4.78, 5) is 7.44. The number of hydrogen-bond donors (Lipinski definition) is 2. The number of rotatable bonds is 3. The summed E-state index contributed by atoms with van der Waals surface area (Å²) in [5, 5.41) is 16.2. The summed E-state index contributed by atoms with van der Waals surface area (Å²) in [6.07, 6.45) is 2.42. The highest BCUT2D eigenvalue weighted by Crippen LogP contribution is 2.37. The second kappa shape index (κ2) is 7.00. The van der Waals surface area contributed by atoms with Gasteiger partial charge in [0.25, 0.3) is 0 Å². The quantitative estimate of drug-likeness (QED) is 0.692. The summed E-state index contributed by atoms with van der Waals surface area (Å²) >= 11 is 13.9. The zero-order valence-electron chi connectivity index (χ0n) is 14.7. The minimum absolute atomic E-state index is 0.0127. The van der Waals surface area contributed by atoms with E-state index < -0.39 is 0 Å². The highest BCUT2D eigenvalue weighted by Gasteiger charge is 2.35. The normalized spacial score (nSPS) is 22.0. The molecule has 26 heavy (non-hydrogen) atoms. The number of thiazole rings is 1. The molecule has 1 aliphatic heterocycles. The minimum Gasteiger partial charge on any atom is -0.492 e. The van der Waals surface area contributed by atoms with Crippen LogP contribution in [0, 0.1) is 12.8 Å². The van der Waals surface area contributed by atoms with Crippen LogP contribution in [0.25, 0.3) is 4.96 Å². The number of fused-ring (bicyclic) bond motifs is 1. The SMILES string of the molecule is Cc1nc2sc([C@H](c3ccc(Cl)c(Cl)c3)[NH+]3CCC[C@H](C)C3)c(O)n2n1. The lowest BCUT2D eigenvalue weighted by molar-refractivity contribution is -0.933.